The molecule has 2 amide bonds. The van der Waals surface area contributed by atoms with Crippen LogP contribution in [0.25, 0.3) is 6.08 Å². The lowest BCUT2D eigenvalue weighted by atomic mass is 10.1. The highest BCUT2D eigenvalue weighted by molar-refractivity contribution is 8.18. The number of benzene rings is 3. The molecule has 5 nitrogen and oxygen atoms in total. The fourth-order valence-electron chi connectivity index (χ4n) is 3.22. The van der Waals surface area contributed by atoms with Crippen LogP contribution in [-0.2, 0) is 17.9 Å². The predicted octanol–water partition coefficient (Wildman–Crippen LogP) is 6.30. The van der Waals surface area contributed by atoms with Crippen molar-refractivity contribution >= 4 is 40.6 Å². The maximum Gasteiger partial charge on any atom is 0.293 e. The Morgan fingerprint density at radius 3 is 2.52 bits per heavy atom. The van der Waals surface area contributed by atoms with Gasteiger partial charge in [-0.05, 0) is 59.3 Å². The summed E-state index contributed by atoms with van der Waals surface area (Å²) in [7, 11) is 1.53. The van der Waals surface area contributed by atoms with Gasteiger partial charge in [0.15, 0.2) is 11.5 Å². The highest BCUT2D eigenvalue weighted by Crippen LogP contribution is 2.35. The Kier molecular flexibility index (Phi) is 7.01. The monoisotopic (exact) mass is 483 g/mol. The molecule has 8 heteroatoms. The number of carbonyl (C=O) groups is 2. The van der Waals surface area contributed by atoms with E-state index in [-0.39, 0.29) is 24.2 Å². The number of ether oxygens (including phenoxy) is 2. The van der Waals surface area contributed by atoms with Crippen LogP contribution in [0.2, 0.25) is 5.02 Å². The SMILES string of the molecule is COc1cc(C=C2SC(=O)N(Cc3ccc(F)cc3)C2=O)ccc1OCc1ccccc1Cl. The van der Waals surface area contributed by atoms with Crippen LogP contribution in [0, 0.1) is 5.82 Å². The Morgan fingerprint density at radius 1 is 1.03 bits per heavy atom. The van der Waals surface area contributed by atoms with E-state index < -0.39 is 5.91 Å². The van der Waals surface area contributed by atoms with E-state index in [4.69, 9.17) is 21.1 Å². The number of amides is 2. The normalized spacial score (nSPS) is 14.8. The van der Waals surface area contributed by atoms with Crippen molar-refractivity contribution in [2.75, 3.05) is 7.11 Å². The van der Waals surface area contributed by atoms with E-state index >= 15 is 0 Å². The molecule has 0 atom stereocenters. The molecule has 0 aromatic heterocycles. The van der Waals surface area contributed by atoms with Gasteiger partial charge in [0, 0.05) is 10.6 Å². The molecule has 0 aliphatic carbocycles. The number of nitrogens with zero attached hydrogens (tertiary/aromatic N) is 1. The first kappa shape index (κ1) is 22.9. The first-order valence-corrected chi connectivity index (χ1v) is 11.2. The molecule has 1 saturated heterocycles. The number of halogens is 2. The number of carbonyl (C=O) groups excluding carboxylic acids is 2. The molecule has 1 fully saturated rings. The molecule has 1 aliphatic heterocycles. The van der Waals surface area contributed by atoms with Crippen molar-refractivity contribution in [1.29, 1.82) is 0 Å². The number of imide groups is 1. The lowest BCUT2D eigenvalue weighted by Gasteiger charge is -2.13. The molecule has 0 spiro atoms. The third-order valence-electron chi connectivity index (χ3n) is 4.95. The largest absolute Gasteiger partial charge is 0.493 e. The Morgan fingerprint density at radius 2 is 1.79 bits per heavy atom. The molecule has 0 N–H and O–H groups in total. The van der Waals surface area contributed by atoms with Crippen molar-refractivity contribution in [3.63, 3.8) is 0 Å². The van der Waals surface area contributed by atoms with Gasteiger partial charge in [0.1, 0.15) is 12.4 Å². The lowest BCUT2D eigenvalue weighted by molar-refractivity contribution is -0.123. The van der Waals surface area contributed by atoms with Gasteiger partial charge in [0.2, 0.25) is 0 Å². The molecule has 0 saturated carbocycles. The van der Waals surface area contributed by atoms with E-state index in [0.717, 1.165) is 22.2 Å². The van der Waals surface area contributed by atoms with Gasteiger partial charge in [-0.1, -0.05) is 48.0 Å². The summed E-state index contributed by atoms with van der Waals surface area (Å²) in [5.74, 6) is 0.244. The Labute approximate surface area is 199 Å². The molecule has 33 heavy (non-hydrogen) atoms. The molecule has 3 aromatic carbocycles. The minimum atomic E-state index is -0.396. The second-order valence-electron chi connectivity index (χ2n) is 7.18. The van der Waals surface area contributed by atoms with Crippen LogP contribution < -0.4 is 9.47 Å². The van der Waals surface area contributed by atoms with Gasteiger partial charge in [-0.25, -0.2) is 4.39 Å². The zero-order chi connectivity index (χ0) is 23.4. The number of thioether (sulfide) groups is 1. The fraction of sp³-hybridized carbons (Fsp3) is 0.120. The Bertz CT molecular complexity index is 1230. The molecular formula is C25H19ClFNO4S. The number of hydrogen-bond donors (Lipinski definition) is 0. The first-order valence-electron chi connectivity index (χ1n) is 9.98. The highest BCUT2D eigenvalue weighted by Gasteiger charge is 2.35. The molecule has 0 radical (unpaired) electrons. The summed E-state index contributed by atoms with van der Waals surface area (Å²) in [6, 6.07) is 18.4. The van der Waals surface area contributed by atoms with E-state index in [1.54, 1.807) is 42.5 Å². The number of hydrogen-bond acceptors (Lipinski definition) is 5. The van der Waals surface area contributed by atoms with Crippen LogP contribution in [-0.4, -0.2) is 23.2 Å². The molecule has 0 unspecified atom stereocenters. The summed E-state index contributed by atoms with van der Waals surface area (Å²) < 4.78 is 24.4. The molecule has 4 rings (SSSR count). The standard InChI is InChI=1S/C25H19ClFNO4S/c1-31-22-12-17(8-11-21(22)32-15-18-4-2-3-5-20(18)26)13-23-24(29)28(25(30)33-23)14-16-6-9-19(27)10-7-16/h2-13H,14-15H2,1H3. The van der Waals surface area contributed by atoms with E-state index in [1.165, 1.54) is 19.2 Å². The minimum absolute atomic E-state index is 0.0838. The quantitative estimate of drug-likeness (QED) is 0.369. The van der Waals surface area contributed by atoms with Crippen molar-refractivity contribution in [1.82, 2.24) is 4.90 Å². The van der Waals surface area contributed by atoms with Gasteiger partial charge in [0.25, 0.3) is 11.1 Å². The average Bonchev–Trinajstić information content (AvgIpc) is 3.07. The van der Waals surface area contributed by atoms with E-state index in [0.29, 0.717) is 32.6 Å². The third-order valence-corrected chi connectivity index (χ3v) is 6.23. The van der Waals surface area contributed by atoms with Gasteiger partial charge in [-0.2, -0.15) is 0 Å². The summed E-state index contributed by atoms with van der Waals surface area (Å²) >= 11 is 7.04. The molecule has 3 aromatic rings. The maximum atomic E-state index is 13.1. The fourth-order valence-corrected chi connectivity index (χ4v) is 4.25. The number of methoxy groups -OCH3 is 1. The van der Waals surface area contributed by atoms with Gasteiger partial charge in [-0.3, -0.25) is 14.5 Å². The van der Waals surface area contributed by atoms with Crippen molar-refractivity contribution in [3.8, 4) is 11.5 Å². The maximum absolute atomic E-state index is 13.1. The summed E-state index contributed by atoms with van der Waals surface area (Å²) in [5.41, 5.74) is 2.20. The molecule has 0 bridgehead atoms. The van der Waals surface area contributed by atoms with Gasteiger partial charge >= 0.3 is 0 Å². The van der Waals surface area contributed by atoms with Crippen LogP contribution in [0.4, 0.5) is 9.18 Å². The van der Waals surface area contributed by atoms with Crippen molar-refractivity contribution in [2.45, 2.75) is 13.2 Å². The highest BCUT2D eigenvalue weighted by atomic mass is 35.5. The third kappa shape index (κ3) is 5.38. The van der Waals surface area contributed by atoms with Crippen LogP contribution >= 0.6 is 23.4 Å². The van der Waals surface area contributed by atoms with E-state index in [2.05, 4.69) is 0 Å². The van der Waals surface area contributed by atoms with Crippen molar-refractivity contribution in [3.05, 3.63) is 99.2 Å². The van der Waals surface area contributed by atoms with Crippen molar-refractivity contribution < 1.29 is 23.5 Å². The summed E-state index contributed by atoms with van der Waals surface area (Å²) in [4.78, 5) is 26.6. The van der Waals surface area contributed by atoms with Crippen LogP contribution in [0.3, 0.4) is 0 Å². The smallest absolute Gasteiger partial charge is 0.293 e. The van der Waals surface area contributed by atoms with Gasteiger partial charge < -0.3 is 9.47 Å². The van der Waals surface area contributed by atoms with E-state index in [1.807, 2.05) is 18.2 Å². The summed E-state index contributed by atoms with van der Waals surface area (Å²) in [5, 5.41) is 0.242. The van der Waals surface area contributed by atoms with Crippen LogP contribution in [0.1, 0.15) is 16.7 Å². The first-order chi connectivity index (χ1) is 15.9. The van der Waals surface area contributed by atoms with Crippen LogP contribution in [0.5, 0.6) is 11.5 Å². The van der Waals surface area contributed by atoms with Crippen molar-refractivity contribution in [2.24, 2.45) is 0 Å². The van der Waals surface area contributed by atoms with Gasteiger partial charge in [-0.15, -0.1) is 0 Å². The minimum Gasteiger partial charge on any atom is -0.493 e. The Hall–Kier alpha value is -3.29. The summed E-state index contributed by atoms with van der Waals surface area (Å²) in [6.45, 7) is 0.359. The zero-order valence-electron chi connectivity index (χ0n) is 17.6. The lowest BCUT2D eigenvalue weighted by Crippen LogP contribution is -2.27. The Balaban J connectivity index is 1.49. The second-order valence-corrected chi connectivity index (χ2v) is 8.59. The zero-order valence-corrected chi connectivity index (χ0v) is 19.2. The average molecular weight is 484 g/mol. The molecule has 1 aliphatic rings. The second kappa shape index (κ2) is 10.1. The predicted molar refractivity (Wildman–Crippen MR) is 127 cm³/mol. The molecule has 1 heterocycles. The summed E-state index contributed by atoms with van der Waals surface area (Å²) in [6.07, 6.45) is 1.63. The molecule has 168 valence electrons. The van der Waals surface area contributed by atoms with Gasteiger partial charge in [0.05, 0.1) is 18.6 Å². The number of rotatable bonds is 7. The topological polar surface area (TPSA) is 55.8 Å². The van der Waals surface area contributed by atoms with E-state index in [9.17, 15) is 14.0 Å². The molecular weight excluding hydrogens is 465 g/mol. The van der Waals surface area contributed by atoms with Crippen LogP contribution in [0.15, 0.2) is 71.6 Å².